The number of carbonyl (C=O) groups is 2. The molecular formula is C15H21NO3S. The predicted octanol–water partition coefficient (Wildman–Crippen LogP) is 2.78. The first-order chi connectivity index (χ1) is 9.43. The average Bonchev–Trinajstić information content (AvgIpc) is 2.38. The van der Waals surface area contributed by atoms with Crippen LogP contribution in [-0.4, -0.2) is 29.3 Å². The fourth-order valence-electron chi connectivity index (χ4n) is 1.90. The van der Waals surface area contributed by atoms with Crippen LogP contribution in [0, 0.1) is 5.92 Å². The lowest BCUT2D eigenvalue weighted by molar-refractivity contribution is -0.139. The molecule has 110 valence electrons. The summed E-state index contributed by atoms with van der Waals surface area (Å²) in [7, 11) is 0. The van der Waals surface area contributed by atoms with Gasteiger partial charge in [-0.05, 0) is 36.3 Å². The second kappa shape index (κ2) is 7.94. The van der Waals surface area contributed by atoms with Crippen molar-refractivity contribution in [2.24, 2.45) is 5.92 Å². The minimum Gasteiger partial charge on any atom is -0.480 e. The topological polar surface area (TPSA) is 66.4 Å². The summed E-state index contributed by atoms with van der Waals surface area (Å²) in [5.41, 5.74) is 1.56. The molecule has 0 heterocycles. The third kappa shape index (κ3) is 5.25. The average molecular weight is 295 g/mol. The van der Waals surface area contributed by atoms with E-state index in [2.05, 4.69) is 5.32 Å². The van der Waals surface area contributed by atoms with Crippen molar-refractivity contribution in [1.82, 2.24) is 5.32 Å². The molecule has 0 aliphatic heterocycles. The van der Waals surface area contributed by atoms with Gasteiger partial charge >= 0.3 is 5.97 Å². The number of amides is 1. The normalized spacial score (nSPS) is 12.2. The smallest absolute Gasteiger partial charge is 0.326 e. The predicted molar refractivity (Wildman–Crippen MR) is 82.0 cm³/mol. The zero-order valence-corrected chi connectivity index (χ0v) is 12.9. The first-order valence-corrected chi connectivity index (χ1v) is 7.95. The van der Waals surface area contributed by atoms with E-state index in [-0.39, 0.29) is 11.8 Å². The molecule has 0 saturated heterocycles. The number of carboxylic acid groups (broad SMARTS) is 1. The molecule has 1 aromatic rings. The molecule has 0 aliphatic carbocycles. The number of thioether (sulfide) groups is 1. The summed E-state index contributed by atoms with van der Waals surface area (Å²) in [6.45, 7) is 3.86. The summed E-state index contributed by atoms with van der Waals surface area (Å²) >= 11 is 1.68. The zero-order chi connectivity index (χ0) is 15.1. The molecule has 2 N–H and O–H groups in total. The van der Waals surface area contributed by atoms with E-state index in [1.54, 1.807) is 23.9 Å². The van der Waals surface area contributed by atoms with Gasteiger partial charge in [0.05, 0.1) is 0 Å². The Bertz CT molecular complexity index is 474. The van der Waals surface area contributed by atoms with Crippen LogP contribution in [0.4, 0.5) is 0 Å². The molecule has 1 rings (SSSR count). The van der Waals surface area contributed by atoms with Gasteiger partial charge in [-0.15, -0.1) is 0 Å². The van der Waals surface area contributed by atoms with Crippen LogP contribution >= 0.6 is 11.8 Å². The van der Waals surface area contributed by atoms with Gasteiger partial charge in [-0.25, -0.2) is 4.79 Å². The van der Waals surface area contributed by atoms with Crippen LogP contribution in [0.25, 0.3) is 0 Å². The summed E-state index contributed by atoms with van der Waals surface area (Å²) in [4.78, 5) is 23.3. The van der Waals surface area contributed by atoms with Crippen LogP contribution in [0.15, 0.2) is 24.3 Å². The van der Waals surface area contributed by atoms with E-state index in [4.69, 9.17) is 5.11 Å². The number of rotatable bonds is 7. The molecule has 5 heteroatoms. The Hall–Kier alpha value is -1.49. The molecule has 0 saturated carbocycles. The summed E-state index contributed by atoms with van der Waals surface area (Å²) < 4.78 is 0. The van der Waals surface area contributed by atoms with E-state index < -0.39 is 12.0 Å². The number of carbonyl (C=O) groups excluding carboxylic acids is 1. The highest BCUT2D eigenvalue weighted by molar-refractivity contribution is 7.97. The minimum atomic E-state index is -0.993. The van der Waals surface area contributed by atoms with Gasteiger partial charge < -0.3 is 10.4 Å². The Labute approximate surface area is 124 Å². The van der Waals surface area contributed by atoms with Crippen LogP contribution in [0.1, 0.15) is 36.2 Å². The molecule has 1 aromatic carbocycles. The Morgan fingerprint density at radius 3 is 2.60 bits per heavy atom. The van der Waals surface area contributed by atoms with Gasteiger partial charge in [-0.3, -0.25) is 4.79 Å². The first-order valence-electron chi connectivity index (χ1n) is 6.55. The largest absolute Gasteiger partial charge is 0.480 e. The van der Waals surface area contributed by atoms with E-state index >= 15 is 0 Å². The number of hydrogen-bond acceptors (Lipinski definition) is 3. The molecule has 4 nitrogen and oxygen atoms in total. The van der Waals surface area contributed by atoms with E-state index in [1.807, 2.05) is 32.2 Å². The zero-order valence-electron chi connectivity index (χ0n) is 12.1. The molecule has 0 aromatic heterocycles. The van der Waals surface area contributed by atoms with Gasteiger partial charge in [0.2, 0.25) is 0 Å². The van der Waals surface area contributed by atoms with Crippen molar-refractivity contribution in [2.75, 3.05) is 6.26 Å². The highest BCUT2D eigenvalue weighted by Crippen LogP contribution is 2.12. The van der Waals surface area contributed by atoms with Crippen molar-refractivity contribution < 1.29 is 14.7 Å². The standard InChI is InChI=1S/C15H21NO3S/c1-10(2)7-13(15(18)19)16-14(17)12-6-4-5-11(8-12)9-20-3/h4-6,8,10,13H,7,9H2,1-3H3,(H,16,17)(H,18,19). The Kier molecular flexibility index (Phi) is 6.58. The number of carboxylic acids is 1. The van der Waals surface area contributed by atoms with Crippen LogP contribution in [0.2, 0.25) is 0 Å². The van der Waals surface area contributed by atoms with Crippen molar-refractivity contribution in [3.8, 4) is 0 Å². The summed E-state index contributed by atoms with van der Waals surface area (Å²) in [6.07, 6.45) is 2.42. The van der Waals surface area contributed by atoms with E-state index in [0.717, 1.165) is 11.3 Å². The van der Waals surface area contributed by atoms with Gasteiger partial charge in [0.15, 0.2) is 0 Å². The Morgan fingerprint density at radius 1 is 1.35 bits per heavy atom. The summed E-state index contributed by atoms with van der Waals surface area (Å²) in [5.74, 6) is -0.289. The summed E-state index contributed by atoms with van der Waals surface area (Å²) in [5, 5.41) is 11.7. The van der Waals surface area contributed by atoms with Gasteiger partial charge in [0, 0.05) is 11.3 Å². The van der Waals surface area contributed by atoms with Crippen LogP contribution < -0.4 is 5.32 Å². The van der Waals surface area contributed by atoms with Gasteiger partial charge in [0.1, 0.15) is 6.04 Å². The lowest BCUT2D eigenvalue weighted by Crippen LogP contribution is -2.41. The molecule has 0 bridgehead atoms. The molecule has 0 fully saturated rings. The van der Waals surface area contributed by atoms with E-state index in [9.17, 15) is 9.59 Å². The molecule has 0 aliphatic rings. The third-order valence-corrected chi connectivity index (χ3v) is 3.43. The first kappa shape index (κ1) is 16.6. The van der Waals surface area contributed by atoms with Crippen LogP contribution in [0.3, 0.4) is 0 Å². The molecule has 20 heavy (non-hydrogen) atoms. The van der Waals surface area contributed by atoms with Crippen molar-refractivity contribution in [3.63, 3.8) is 0 Å². The maximum absolute atomic E-state index is 12.1. The Morgan fingerprint density at radius 2 is 2.05 bits per heavy atom. The molecule has 1 atom stereocenters. The second-order valence-corrected chi connectivity index (χ2v) is 5.99. The molecule has 0 spiro atoms. The van der Waals surface area contributed by atoms with Crippen molar-refractivity contribution in [3.05, 3.63) is 35.4 Å². The maximum Gasteiger partial charge on any atom is 0.326 e. The molecule has 0 radical (unpaired) electrons. The van der Waals surface area contributed by atoms with Crippen molar-refractivity contribution in [1.29, 1.82) is 0 Å². The van der Waals surface area contributed by atoms with Crippen LogP contribution in [0.5, 0.6) is 0 Å². The molecule has 1 unspecified atom stereocenters. The molecular weight excluding hydrogens is 274 g/mol. The van der Waals surface area contributed by atoms with Crippen LogP contribution in [-0.2, 0) is 10.5 Å². The summed E-state index contributed by atoms with van der Waals surface area (Å²) in [6, 6.07) is 6.44. The lowest BCUT2D eigenvalue weighted by Gasteiger charge is -2.16. The fraction of sp³-hybridized carbons (Fsp3) is 0.467. The quantitative estimate of drug-likeness (QED) is 0.811. The maximum atomic E-state index is 12.1. The number of hydrogen-bond donors (Lipinski definition) is 2. The monoisotopic (exact) mass is 295 g/mol. The fourth-order valence-corrected chi connectivity index (χ4v) is 2.42. The van der Waals surface area contributed by atoms with E-state index in [1.165, 1.54) is 0 Å². The second-order valence-electron chi connectivity index (χ2n) is 5.13. The minimum absolute atomic E-state index is 0.208. The van der Waals surface area contributed by atoms with Gasteiger partial charge in [-0.1, -0.05) is 26.0 Å². The van der Waals surface area contributed by atoms with Crippen molar-refractivity contribution in [2.45, 2.75) is 32.1 Å². The highest BCUT2D eigenvalue weighted by atomic mass is 32.2. The number of nitrogens with one attached hydrogen (secondary N) is 1. The van der Waals surface area contributed by atoms with E-state index in [0.29, 0.717) is 12.0 Å². The third-order valence-electron chi connectivity index (χ3n) is 2.81. The highest BCUT2D eigenvalue weighted by Gasteiger charge is 2.21. The Balaban J connectivity index is 2.78. The van der Waals surface area contributed by atoms with Gasteiger partial charge in [0.25, 0.3) is 5.91 Å². The lowest BCUT2D eigenvalue weighted by atomic mass is 10.0. The molecule has 1 amide bonds. The van der Waals surface area contributed by atoms with Gasteiger partial charge in [-0.2, -0.15) is 11.8 Å². The number of benzene rings is 1. The van der Waals surface area contributed by atoms with Crippen molar-refractivity contribution >= 4 is 23.6 Å². The SMILES string of the molecule is CSCc1cccc(C(=O)NC(CC(C)C)C(=O)O)c1. The number of aliphatic carboxylic acids is 1.